The number of hydrogen-bond donors (Lipinski definition) is 0. The minimum Gasteiger partial charge on any atom is -1.00 e. The van der Waals surface area contributed by atoms with Crippen LogP contribution >= 0.6 is 0 Å². The van der Waals surface area contributed by atoms with Crippen LogP contribution in [0.1, 0.15) is 2.85 Å². The molecule has 0 aliphatic heterocycles. The van der Waals surface area contributed by atoms with Crippen LogP contribution in [0.2, 0.25) is 0 Å². The first-order valence-corrected chi connectivity index (χ1v) is 0. The van der Waals surface area contributed by atoms with E-state index in [1.807, 2.05) is 0 Å². The molecule has 29 valence electrons. The summed E-state index contributed by atoms with van der Waals surface area (Å²) in [5.74, 6) is 0. The maximum Gasteiger partial charge on any atom is 2.00 e. The average molecular weight is 215 g/mol. The van der Waals surface area contributed by atoms with Crippen molar-refractivity contribution in [3.63, 3.8) is 0 Å². The zero-order valence-corrected chi connectivity index (χ0v) is 7.20. The third-order valence-corrected chi connectivity index (χ3v) is 0. The van der Waals surface area contributed by atoms with Gasteiger partial charge in [-0.05, 0) is 0 Å². The first-order valence-electron chi connectivity index (χ1n) is 0. The summed E-state index contributed by atoms with van der Waals surface area (Å²) in [6, 6.07) is 0. The Bertz CT molecular complexity index is 17.7. The summed E-state index contributed by atoms with van der Waals surface area (Å²) in [6.45, 7) is 0. The molecular weight excluding hydrogens is 210 g/mol. The van der Waals surface area contributed by atoms with Gasteiger partial charge in [-0.2, -0.15) is 0 Å². The molecule has 0 saturated carbocycles. The smallest absolute Gasteiger partial charge is 1.00 e. The predicted octanol–water partition coefficient (Wildman–Crippen LogP) is -1.35. The summed E-state index contributed by atoms with van der Waals surface area (Å²) >= 11 is 0. The summed E-state index contributed by atoms with van der Waals surface area (Å²) in [4.78, 5) is 0. The van der Waals surface area contributed by atoms with Gasteiger partial charge in [-0.3, -0.25) is 0 Å². The molecule has 0 atom stereocenters. The second kappa shape index (κ2) is 27.7. The van der Waals surface area contributed by atoms with E-state index in [2.05, 4.69) is 0 Å². The third-order valence-electron chi connectivity index (χ3n) is 0. The van der Waals surface area contributed by atoms with Gasteiger partial charge >= 0.3 is 23.1 Å². The van der Waals surface area contributed by atoms with Crippen molar-refractivity contribution in [2.24, 2.45) is 0 Å². The van der Waals surface area contributed by atoms with Crippen molar-refractivity contribution in [3.8, 4) is 0 Å². The Balaban J connectivity index is 0. The largest absolute Gasteiger partial charge is 2.00 e. The van der Waals surface area contributed by atoms with Gasteiger partial charge in [0, 0.05) is 55.9 Å². The Hall–Kier alpha value is 3.05. The molecule has 0 nitrogen and oxygen atoms in total. The molecule has 5 heavy (non-hydrogen) atoms. The van der Waals surface area contributed by atoms with Gasteiger partial charge in [0.05, 0.1) is 0 Å². The zero-order valence-electron chi connectivity index (χ0n) is 3.94. The van der Waals surface area contributed by atoms with Crippen LogP contribution in [0.25, 0.3) is 0 Å². The fourth-order valence-corrected chi connectivity index (χ4v) is 0. The molecule has 0 aromatic carbocycles. The second-order valence-corrected chi connectivity index (χ2v) is 0. The first-order chi connectivity index (χ1) is 0. The Morgan fingerprint density at radius 2 is 1.20 bits per heavy atom. The summed E-state index contributed by atoms with van der Waals surface area (Å²) in [5.41, 5.74) is 0. The number of rotatable bonds is 0. The van der Waals surface area contributed by atoms with Gasteiger partial charge in [0.25, 0.3) is 0 Å². The van der Waals surface area contributed by atoms with Gasteiger partial charge in [-0.1, -0.05) is 0 Å². The molecule has 0 aliphatic carbocycles. The summed E-state index contributed by atoms with van der Waals surface area (Å²) < 4.78 is 0. The fraction of sp³-hybridized carbons (Fsp3) is 0. The molecule has 0 spiro atoms. The minimum atomic E-state index is 0. The van der Waals surface area contributed by atoms with E-state index in [-0.39, 0.29) is 99.1 Å². The molecule has 0 amide bonds. The minimum absolute atomic E-state index is 0. The van der Waals surface area contributed by atoms with Crippen LogP contribution in [0.4, 0.5) is 0 Å². The zero-order chi connectivity index (χ0) is 0. The van der Waals surface area contributed by atoms with E-state index < -0.39 is 0 Å². The maximum atomic E-state index is 0. The van der Waals surface area contributed by atoms with Crippen molar-refractivity contribution < 1.29 is 58.7 Å². The van der Waals surface area contributed by atoms with Crippen molar-refractivity contribution in [2.45, 2.75) is 0 Å². The van der Waals surface area contributed by atoms with E-state index >= 15 is 0 Å². The molecule has 0 rings (SSSR count). The second-order valence-electron chi connectivity index (χ2n) is 0. The van der Waals surface area contributed by atoms with Crippen molar-refractivity contribution in [2.75, 3.05) is 0 Å². The topological polar surface area (TPSA) is 0 Å². The predicted molar refractivity (Wildman–Crippen MR) is 17.9 cm³/mol. The van der Waals surface area contributed by atoms with Gasteiger partial charge in [-0.25, -0.2) is 0 Å². The van der Waals surface area contributed by atoms with Crippen LogP contribution in [0.15, 0.2) is 0 Å². The summed E-state index contributed by atoms with van der Waals surface area (Å²) in [5, 5.41) is 0. The standard InChI is InChI=1S/Al.Fe.Mg.Mn.Ti.5H/q;;+2;;;;;;2*-1. The molecule has 0 aliphatic rings. The molecule has 0 bridgehead atoms. The molecule has 1 radical (unpaired) electrons. The maximum absolute atomic E-state index is 0. The molecule has 0 saturated heterocycles. The van der Waals surface area contributed by atoms with Gasteiger partial charge in [0.15, 0.2) is 17.4 Å². The Kier molecular flexibility index (Phi) is 238. The molecule has 0 aromatic heterocycles. The molecule has 0 N–H and O–H groups in total. The van der Waals surface area contributed by atoms with Gasteiger partial charge < -0.3 is 2.85 Å². The van der Waals surface area contributed by atoms with Gasteiger partial charge in [-0.15, -0.1) is 0 Å². The van der Waals surface area contributed by atoms with Crippen LogP contribution in [0, 0.1) is 0 Å². The SMILES string of the molecule is [AlH3].[Fe].[H-].[H-].[Mg+2].[Mn].[Ti]. The summed E-state index contributed by atoms with van der Waals surface area (Å²) in [6.07, 6.45) is 0. The van der Waals surface area contributed by atoms with E-state index in [4.69, 9.17) is 0 Å². The van der Waals surface area contributed by atoms with Crippen LogP contribution in [-0.4, -0.2) is 40.4 Å². The fourth-order valence-electron chi connectivity index (χ4n) is 0. The van der Waals surface area contributed by atoms with Crippen LogP contribution < -0.4 is 0 Å². The Morgan fingerprint density at radius 3 is 1.20 bits per heavy atom. The van der Waals surface area contributed by atoms with E-state index in [0.29, 0.717) is 0 Å². The monoisotopic (exact) mass is 215 g/mol. The Morgan fingerprint density at radius 1 is 1.20 bits per heavy atom. The molecule has 5 heteroatoms. The quantitative estimate of drug-likeness (QED) is 0.438. The van der Waals surface area contributed by atoms with Crippen LogP contribution in [0.3, 0.4) is 0 Å². The Labute approximate surface area is 97.7 Å². The van der Waals surface area contributed by atoms with E-state index in [9.17, 15) is 0 Å². The van der Waals surface area contributed by atoms with Crippen molar-refractivity contribution >= 4 is 40.4 Å². The van der Waals surface area contributed by atoms with Crippen molar-refractivity contribution in [3.05, 3.63) is 0 Å². The molecule has 0 aromatic rings. The summed E-state index contributed by atoms with van der Waals surface area (Å²) in [7, 11) is 0. The molecule has 0 fully saturated rings. The van der Waals surface area contributed by atoms with E-state index in [1.54, 1.807) is 0 Å². The van der Waals surface area contributed by atoms with Gasteiger partial charge in [0.1, 0.15) is 0 Å². The van der Waals surface area contributed by atoms with E-state index in [0.717, 1.165) is 0 Å². The first kappa shape index (κ1) is 43.0. The average Bonchev–Trinajstić information content (AvgIpc) is 0. The van der Waals surface area contributed by atoms with Gasteiger partial charge in [0.2, 0.25) is 0 Å². The van der Waals surface area contributed by atoms with Crippen LogP contribution in [0.5, 0.6) is 0 Å². The van der Waals surface area contributed by atoms with Crippen LogP contribution in [-0.2, 0) is 55.9 Å². The number of hydrogen-bond acceptors (Lipinski definition) is 0. The third kappa shape index (κ3) is 19.3. The van der Waals surface area contributed by atoms with Crippen molar-refractivity contribution in [1.82, 2.24) is 0 Å². The van der Waals surface area contributed by atoms with Crippen molar-refractivity contribution in [1.29, 1.82) is 0 Å². The molecule has 0 heterocycles. The molecular formula is H5AlFeMgMnTi. The molecule has 0 unspecified atom stereocenters. The van der Waals surface area contributed by atoms with E-state index in [1.165, 1.54) is 0 Å². The normalized spacial score (nSPS) is 0.